The fourth-order valence-electron chi connectivity index (χ4n) is 1.42. The summed E-state index contributed by atoms with van der Waals surface area (Å²) < 4.78 is 0. The molecule has 6 heteroatoms. The van der Waals surface area contributed by atoms with E-state index in [-0.39, 0.29) is 0 Å². The van der Waals surface area contributed by atoms with Crippen LogP contribution in [0.2, 0.25) is 0 Å². The Bertz CT molecular complexity index is 224. The number of aliphatic hydroxyl groups is 1. The molecule has 2 rings (SSSR count). The Morgan fingerprint density at radius 1 is 1.12 bits per heavy atom. The van der Waals surface area contributed by atoms with Crippen molar-refractivity contribution in [2.75, 3.05) is 46.4 Å². The zero-order valence-electron chi connectivity index (χ0n) is 9.66. The van der Waals surface area contributed by atoms with Crippen molar-refractivity contribution in [3.05, 3.63) is 18.5 Å². The minimum absolute atomic E-state index is 0.295. The average molecular weight is 225 g/mol. The number of likely N-dealkylation sites (N-methyl/N-ethyl adjacent to an activating group) is 1. The van der Waals surface area contributed by atoms with E-state index in [2.05, 4.69) is 32.3 Å². The molecule has 0 bridgehead atoms. The van der Waals surface area contributed by atoms with Gasteiger partial charge in [-0.3, -0.25) is 4.90 Å². The summed E-state index contributed by atoms with van der Waals surface area (Å²) in [7, 11) is 2.14. The highest BCUT2D eigenvalue weighted by atomic mass is 16.3. The molecule has 0 amide bonds. The molecule has 90 valence electrons. The second kappa shape index (κ2) is 8.09. The highest BCUT2D eigenvalue weighted by Gasteiger charge is 2.11. The molecule has 0 saturated carbocycles. The molecule has 1 aliphatic rings. The molecule has 1 N–H and O–H groups in total. The Morgan fingerprint density at radius 3 is 2.12 bits per heavy atom. The van der Waals surface area contributed by atoms with Crippen LogP contribution in [0.4, 0.5) is 0 Å². The monoisotopic (exact) mass is 225 g/mol. The van der Waals surface area contributed by atoms with Crippen molar-refractivity contribution in [2.24, 2.45) is 0 Å². The van der Waals surface area contributed by atoms with Gasteiger partial charge in [-0.05, 0) is 18.3 Å². The van der Waals surface area contributed by atoms with Gasteiger partial charge >= 0.3 is 0 Å². The first-order valence-electron chi connectivity index (χ1n) is 5.43. The van der Waals surface area contributed by atoms with Crippen LogP contribution >= 0.6 is 0 Å². The molecule has 1 aliphatic heterocycles. The van der Waals surface area contributed by atoms with Crippen molar-refractivity contribution in [1.82, 2.24) is 25.2 Å². The third kappa shape index (κ3) is 5.69. The van der Waals surface area contributed by atoms with Crippen LogP contribution in [0, 0.1) is 0 Å². The number of aromatic nitrogens is 3. The van der Waals surface area contributed by atoms with Crippen LogP contribution in [0.3, 0.4) is 0 Å². The number of rotatable bonds is 2. The van der Waals surface area contributed by atoms with E-state index in [1.807, 2.05) is 0 Å². The summed E-state index contributed by atoms with van der Waals surface area (Å²) in [4.78, 5) is 4.61. The first-order valence-corrected chi connectivity index (χ1v) is 5.43. The van der Waals surface area contributed by atoms with Gasteiger partial charge in [0.15, 0.2) is 0 Å². The summed E-state index contributed by atoms with van der Waals surface area (Å²) in [6, 6.07) is 1.72. The van der Waals surface area contributed by atoms with Gasteiger partial charge in [-0.25, -0.2) is 0 Å². The highest BCUT2D eigenvalue weighted by Crippen LogP contribution is 1.96. The van der Waals surface area contributed by atoms with Crippen LogP contribution < -0.4 is 0 Å². The van der Waals surface area contributed by atoms with Gasteiger partial charge in [0.05, 0.1) is 19.0 Å². The molecule has 0 spiro atoms. The zero-order valence-corrected chi connectivity index (χ0v) is 9.66. The van der Waals surface area contributed by atoms with Gasteiger partial charge in [-0.1, -0.05) is 0 Å². The van der Waals surface area contributed by atoms with Crippen molar-refractivity contribution >= 4 is 0 Å². The van der Waals surface area contributed by atoms with Gasteiger partial charge in [0, 0.05) is 32.7 Å². The average Bonchev–Trinajstić information content (AvgIpc) is 2.35. The molecular weight excluding hydrogens is 206 g/mol. The van der Waals surface area contributed by atoms with Crippen molar-refractivity contribution in [3.63, 3.8) is 0 Å². The number of β-amino-alcohol motifs (C(OH)–C–C–N with tert-alkyl or cyclic N) is 1. The third-order valence-corrected chi connectivity index (χ3v) is 2.42. The second-order valence-corrected chi connectivity index (χ2v) is 3.68. The molecule has 0 aliphatic carbocycles. The van der Waals surface area contributed by atoms with E-state index < -0.39 is 0 Å². The lowest BCUT2D eigenvalue weighted by molar-refractivity contribution is 0.128. The number of hydrogen-bond acceptors (Lipinski definition) is 6. The van der Waals surface area contributed by atoms with Gasteiger partial charge < -0.3 is 10.0 Å². The standard InChI is InChI=1S/C7H16N2O.C3H3N3/c1-8-2-4-9(5-3-8)6-7-10;1-2-4-6-5-3-1/h10H,2-7H2,1H3;1-3H. The van der Waals surface area contributed by atoms with Crippen molar-refractivity contribution in [3.8, 4) is 0 Å². The van der Waals surface area contributed by atoms with Crippen LogP contribution in [0.25, 0.3) is 0 Å². The fraction of sp³-hybridized carbons (Fsp3) is 0.700. The Kier molecular flexibility index (Phi) is 6.55. The van der Waals surface area contributed by atoms with Gasteiger partial charge in [-0.15, -0.1) is 10.2 Å². The number of aliphatic hydroxyl groups excluding tert-OH is 1. The first kappa shape index (κ1) is 13.0. The number of hydrogen-bond donors (Lipinski definition) is 1. The Balaban J connectivity index is 0.000000181. The molecule has 0 unspecified atom stereocenters. The Hall–Kier alpha value is -1.11. The van der Waals surface area contributed by atoms with Gasteiger partial charge in [0.1, 0.15) is 0 Å². The maximum Gasteiger partial charge on any atom is 0.0558 e. The van der Waals surface area contributed by atoms with E-state index >= 15 is 0 Å². The van der Waals surface area contributed by atoms with Crippen LogP contribution in [0.1, 0.15) is 0 Å². The summed E-state index contributed by atoms with van der Waals surface area (Å²) >= 11 is 0. The maximum absolute atomic E-state index is 8.63. The second-order valence-electron chi connectivity index (χ2n) is 3.68. The molecule has 1 fully saturated rings. The zero-order chi connectivity index (χ0) is 11.6. The van der Waals surface area contributed by atoms with Gasteiger partial charge in [0.25, 0.3) is 0 Å². The topological polar surface area (TPSA) is 65.4 Å². The molecule has 1 aromatic heterocycles. The van der Waals surface area contributed by atoms with Crippen LogP contribution in [-0.2, 0) is 0 Å². The van der Waals surface area contributed by atoms with E-state index in [9.17, 15) is 0 Å². The molecule has 1 saturated heterocycles. The molecule has 16 heavy (non-hydrogen) atoms. The number of piperazine rings is 1. The minimum Gasteiger partial charge on any atom is -0.395 e. The van der Waals surface area contributed by atoms with E-state index in [0.29, 0.717) is 6.61 Å². The number of nitrogens with zero attached hydrogens (tertiary/aromatic N) is 5. The quantitative estimate of drug-likeness (QED) is 0.703. The van der Waals surface area contributed by atoms with Crippen LogP contribution in [-0.4, -0.2) is 76.7 Å². The van der Waals surface area contributed by atoms with Crippen molar-refractivity contribution < 1.29 is 5.11 Å². The summed E-state index contributed by atoms with van der Waals surface area (Å²) in [5.41, 5.74) is 0. The lowest BCUT2D eigenvalue weighted by atomic mass is 10.3. The molecule has 2 heterocycles. The molecule has 0 aromatic carbocycles. The molecular formula is C10H19N5O. The first-order chi connectivity index (χ1) is 7.83. The lowest BCUT2D eigenvalue weighted by Crippen LogP contribution is -2.45. The van der Waals surface area contributed by atoms with E-state index in [1.165, 1.54) is 0 Å². The largest absolute Gasteiger partial charge is 0.395 e. The smallest absolute Gasteiger partial charge is 0.0558 e. The SMILES string of the molecule is CN1CCN(CCO)CC1.c1cnnnc1. The van der Waals surface area contributed by atoms with Crippen LogP contribution in [0.5, 0.6) is 0 Å². The summed E-state index contributed by atoms with van der Waals surface area (Å²) in [6.07, 6.45) is 3.15. The predicted octanol–water partition coefficient (Wildman–Crippen LogP) is -0.902. The molecule has 1 aromatic rings. The van der Waals surface area contributed by atoms with E-state index in [0.717, 1.165) is 32.7 Å². The third-order valence-electron chi connectivity index (χ3n) is 2.42. The van der Waals surface area contributed by atoms with Gasteiger partial charge in [0.2, 0.25) is 0 Å². The lowest BCUT2D eigenvalue weighted by Gasteiger charge is -2.31. The predicted molar refractivity (Wildman–Crippen MR) is 60.8 cm³/mol. The minimum atomic E-state index is 0.295. The normalized spacial score (nSPS) is 17.6. The highest BCUT2D eigenvalue weighted by molar-refractivity contribution is 4.69. The molecule has 0 radical (unpaired) electrons. The molecule has 6 nitrogen and oxygen atoms in total. The van der Waals surface area contributed by atoms with Crippen molar-refractivity contribution in [2.45, 2.75) is 0 Å². The van der Waals surface area contributed by atoms with Gasteiger partial charge in [-0.2, -0.15) is 0 Å². The summed E-state index contributed by atoms with van der Waals surface area (Å²) in [5.74, 6) is 0. The molecule has 0 atom stereocenters. The summed E-state index contributed by atoms with van der Waals surface area (Å²) in [6.45, 7) is 5.63. The van der Waals surface area contributed by atoms with Crippen LogP contribution in [0.15, 0.2) is 18.5 Å². The maximum atomic E-state index is 8.63. The Morgan fingerprint density at radius 2 is 1.75 bits per heavy atom. The Labute approximate surface area is 95.9 Å². The van der Waals surface area contributed by atoms with E-state index in [1.54, 1.807) is 18.5 Å². The van der Waals surface area contributed by atoms with Crippen molar-refractivity contribution in [1.29, 1.82) is 0 Å². The fourth-order valence-corrected chi connectivity index (χ4v) is 1.42. The van der Waals surface area contributed by atoms with E-state index in [4.69, 9.17) is 5.11 Å². The summed E-state index contributed by atoms with van der Waals surface area (Å²) in [5, 5.41) is 18.8.